The van der Waals surface area contributed by atoms with Gasteiger partial charge in [-0.1, -0.05) is 51.6 Å². The molecule has 0 nitrogen and oxygen atoms in total. The fourth-order valence-corrected chi connectivity index (χ4v) is 0.838. The minimum atomic E-state index is 0. The van der Waals surface area contributed by atoms with Gasteiger partial charge in [-0.2, -0.15) is 0 Å². The second kappa shape index (κ2) is 4.10. The molecule has 0 fully saturated rings. The Hall–Kier alpha value is -0.780. The molecule has 0 bridgehead atoms. The fraction of sp³-hybridized carbons (Fsp3) is 0.400. The molecule has 0 heterocycles. The highest BCUT2D eigenvalue weighted by Crippen LogP contribution is 2.11. The predicted molar refractivity (Wildman–Crippen MR) is 49.4 cm³/mol. The quantitative estimate of drug-likeness (QED) is 0.556. The summed E-state index contributed by atoms with van der Waals surface area (Å²) in [6.07, 6.45) is 0. The predicted octanol–water partition coefficient (Wildman–Crippen LogP) is 3.69. The first-order chi connectivity index (χ1) is 4.30. The van der Waals surface area contributed by atoms with Crippen molar-refractivity contribution in [2.24, 2.45) is 0 Å². The molecule has 0 N–H and O–H groups in total. The molecule has 0 saturated heterocycles. The van der Waals surface area contributed by atoms with Gasteiger partial charge < -0.3 is 0 Å². The molecule has 0 unspecified atom stereocenters. The average Bonchev–Trinajstić information content (AvgIpc) is 1.90. The van der Waals surface area contributed by atoms with Gasteiger partial charge in [0, 0.05) is 1.43 Å². The van der Waals surface area contributed by atoms with Crippen LogP contribution in [0.25, 0.3) is 0 Å². The number of hydrogen-bond acceptors (Lipinski definition) is 0. The van der Waals surface area contributed by atoms with Gasteiger partial charge in [0.05, 0.1) is 0 Å². The molecule has 0 aliphatic heterocycles. The van der Waals surface area contributed by atoms with E-state index in [-0.39, 0.29) is 8.85 Å². The summed E-state index contributed by atoms with van der Waals surface area (Å²) >= 11 is 0. The van der Waals surface area contributed by atoms with Crippen LogP contribution in [-0.4, -0.2) is 0 Å². The van der Waals surface area contributed by atoms with Crippen LogP contribution in [0.4, 0.5) is 0 Å². The van der Waals surface area contributed by atoms with Crippen LogP contribution in [0.2, 0.25) is 0 Å². The molecule has 0 aromatic heterocycles. The van der Waals surface area contributed by atoms with Gasteiger partial charge in [-0.15, -0.1) is 0 Å². The summed E-state index contributed by atoms with van der Waals surface area (Å²) in [7, 11) is 0. The van der Waals surface area contributed by atoms with Crippen LogP contribution in [-0.2, 0) is 0 Å². The monoisotopic (exact) mass is 139 g/mol. The summed E-state index contributed by atoms with van der Waals surface area (Å²) in [5.41, 5.74) is 1.41. The van der Waals surface area contributed by atoms with Crippen LogP contribution in [0.1, 0.15) is 34.2 Å². The highest BCUT2D eigenvalue weighted by atomic mass is 14.0. The lowest BCUT2D eigenvalue weighted by molar-refractivity contribution is 0.867. The van der Waals surface area contributed by atoms with E-state index in [0.29, 0.717) is 5.92 Å². The Kier molecular flexibility index (Phi) is 3.78. The Bertz CT molecular complexity index is 167. The van der Waals surface area contributed by atoms with E-state index in [1.165, 1.54) is 5.56 Å². The summed E-state index contributed by atoms with van der Waals surface area (Å²) in [5, 5.41) is 0. The zero-order valence-electron chi connectivity index (χ0n) is 5.96. The van der Waals surface area contributed by atoms with Crippen LogP contribution in [0.3, 0.4) is 0 Å². The minimum Gasteiger partial charge on any atom is -0.0776 e. The van der Waals surface area contributed by atoms with Crippen molar-refractivity contribution in [3.8, 4) is 0 Å². The maximum absolute atomic E-state index is 2.20. The first-order valence-corrected chi connectivity index (χ1v) is 3.35. The van der Waals surface area contributed by atoms with E-state index in [9.17, 15) is 0 Å². The van der Waals surface area contributed by atoms with Gasteiger partial charge in [0.2, 0.25) is 0 Å². The van der Waals surface area contributed by atoms with E-state index in [1.807, 2.05) is 6.07 Å². The maximum Gasteiger partial charge on any atom is 0 e. The Morgan fingerprint density at radius 2 is 1.60 bits per heavy atom. The third-order valence-electron chi connectivity index (χ3n) is 1.47. The largest absolute Gasteiger partial charge is 0.0776 e. The zero-order valence-corrected chi connectivity index (χ0v) is 5.96. The molecule has 0 radical (unpaired) electrons. The molecule has 0 heteroatoms. The standard InChI is InChI=1S/C9H12.CH4.H2/c1-8(2)9-6-4-3-5-7-9;;/h3-8H,1-2H3;1H4;1H/i;;1+1. The lowest BCUT2D eigenvalue weighted by Crippen LogP contribution is -1.83. The molecule has 1 rings (SSSR count). The SMILES string of the molecule is C.CC(C)c1ccccc1.[2HH]. The molecule has 0 saturated carbocycles. The summed E-state index contributed by atoms with van der Waals surface area (Å²) in [4.78, 5) is 0. The minimum absolute atomic E-state index is 0. The smallest absolute Gasteiger partial charge is 0 e. The van der Waals surface area contributed by atoms with Gasteiger partial charge in [0.1, 0.15) is 0 Å². The Labute approximate surface area is 65.4 Å². The van der Waals surface area contributed by atoms with Crippen molar-refractivity contribution < 1.29 is 1.43 Å². The van der Waals surface area contributed by atoms with Crippen molar-refractivity contribution in [1.29, 1.82) is 0 Å². The van der Waals surface area contributed by atoms with E-state index in [2.05, 4.69) is 38.1 Å². The molecule has 0 spiro atoms. The molecule has 58 valence electrons. The summed E-state index contributed by atoms with van der Waals surface area (Å²) in [5.74, 6) is 0.659. The van der Waals surface area contributed by atoms with E-state index in [4.69, 9.17) is 0 Å². The van der Waals surface area contributed by atoms with Gasteiger partial charge in [-0.25, -0.2) is 0 Å². The number of rotatable bonds is 1. The molecule has 1 aromatic carbocycles. The van der Waals surface area contributed by atoms with E-state index < -0.39 is 0 Å². The van der Waals surface area contributed by atoms with Crippen molar-refractivity contribution >= 4 is 0 Å². The first kappa shape index (κ1) is 9.22. The van der Waals surface area contributed by atoms with E-state index >= 15 is 0 Å². The molecule has 1 aromatic rings. The lowest BCUT2D eigenvalue weighted by Gasteiger charge is -2.01. The Morgan fingerprint density at radius 3 is 1.90 bits per heavy atom. The van der Waals surface area contributed by atoms with E-state index in [0.717, 1.165) is 0 Å². The van der Waals surface area contributed by atoms with Gasteiger partial charge in [0.15, 0.2) is 0 Å². The second-order valence-electron chi connectivity index (χ2n) is 2.57. The summed E-state index contributed by atoms with van der Waals surface area (Å²) < 4.78 is 0. The van der Waals surface area contributed by atoms with Crippen LogP contribution in [0.15, 0.2) is 30.3 Å². The molecule has 10 heavy (non-hydrogen) atoms. The van der Waals surface area contributed by atoms with Crippen molar-refractivity contribution in [2.45, 2.75) is 27.2 Å². The van der Waals surface area contributed by atoms with Crippen LogP contribution in [0, 0.1) is 0 Å². The Balaban J connectivity index is 0. The normalized spacial score (nSPS) is 9.10. The van der Waals surface area contributed by atoms with Gasteiger partial charge in [0.25, 0.3) is 0 Å². The molecular weight excluding hydrogens is 120 g/mol. The summed E-state index contributed by atoms with van der Waals surface area (Å²) in [6, 6.07) is 10.5. The third-order valence-corrected chi connectivity index (χ3v) is 1.47. The summed E-state index contributed by atoms with van der Waals surface area (Å²) in [6.45, 7) is 4.41. The zero-order chi connectivity index (χ0) is 6.69. The van der Waals surface area contributed by atoms with Gasteiger partial charge in [-0.3, -0.25) is 0 Å². The van der Waals surface area contributed by atoms with E-state index in [1.54, 1.807) is 0 Å². The first-order valence-electron chi connectivity index (χ1n) is 3.35. The Morgan fingerprint density at radius 1 is 1.10 bits per heavy atom. The van der Waals surface area contributed by atoms with Gasteiger partial charge in [-0.05, 0) is 11.5 Å². The molecule has 0 amide bonds. The molecule has 0 aliphatic carbocycles. The molecule has 0 atom stereocenters. The lowest BCUT2D eigenvalue weighted by atomic mass is 10.0. The second-order valence-corrected chi connectivity index (χ2v) is 2.57. The van der Waals surface area contributed by atoms with Crippen molar-refractivity contribution in [3.63, 3.8) is 0 Å². The highest BCUT2D eigenvalue weighted by Gasteiger charge is 1.93. The van der Waals surface area contributed by atoms with Crippen molar-refractivity contribution in [1.82, 2.24) is 0 Å². The number of benzene rings is 1. The van der Waals surface area contributed by atoms with Crippen LogP contribution in [0.5, 0.6) is 0 Å². The number of hydrogen-bond donors (Lipinski definition) is 0. The van der Waals surface area contributed by atoms with Crippen LogP contribution < -0.4 is 0 Å². The molecular formula is C10H18. The third kappa shape index (κ3) is 2.22. The van der Waals surface area contributed by atoms with Crippen molar-refractivity contribution in [3.05, 3.63) is 35.9 Å². The maximum atomic E-state index is 2.20. The topological polar surface area (TPSA) is 0 Å². The van der Waals surface area contributed by atoms with Crippen LogP contribution >= 0.6 is 0 Å². The average molecular weight is 139 g/mol. The van der Waals surface area contributed by atoms with Crippen molar-refractivity contribution in [2.75, 3.05) is 0 Å². The highest BCUT2D eigenvalue weighted by molar-refractivity contribution is 5.17. The fourth-order valence-electron chi connectivity index (χ4n) is 0.838. The van der Waals surface area contributed by atoms with Gasteiger partial charge >= 0.3 is 0 Å². The molecule has 0 aliphatic rings.